The predicted octanol–water partition coefficient (Wildman–Crippen LogP) is 4.97. The fourth-order valence-corrected chi connectivity index (χ4v) is 5.57. The molecule has 0 radical (unpaired) electrons. The number of aliphatic hydroxyl groups is 1. The molecule has 3 rings (SSSR count). The molecule has 0 amide bonds. The van der Waals surface area contributed by atoms with Crippen LogP contribution in [0.4, 0.5) is 5.69 Å². The zero-order chi connectivity index (χ0) is 20.0. The van der Waals surface area contributed by atoms with Crippen LogP contribution < -0.4 is 0 Å². The maximum atomic E-state index is 11.7. The van der Waals surface area contributed by atoms with Crippen LogP contribution in [0.3, 0.4) is 0 Å². The molecule has 1 aliphatic heterocycles. The molecular weight excluding hydrogens is 507 g/mol. The molecule has 1 N–H and O–H groups in total. The summed E-state index contributed by atoms with van der Waals surface area (Å²) in [6.45, 7) is 4.00. The molecule has 1 aliphatic rings. The molecule has 1 atom stereocenters. The Morgan fingerprint density at radius 2 is 1.89 bits per heavy atom. The molecule has 10 heteroatoms. The van der Waals surface area contributed by atoms with Gasteiger partial charge >= 0.3 is 0 Å². The molecule has 0 aliphatic carbocycles. The van der Waals surface area contributed by atoms with Crippen molar-refractivity contribution in [2.75, 3.05) is 12.8 Å². The monoisotopic (exact) mass is 524 g/mol. The second-order valence-electron chi connectivity index (χ2n) is 6.43. The lowest BCUT2D eigenvalue weighted by molar-refractivity contribution is -0.0349. The van der Waals surface area contributed by atoms with Crippen molar-refractivity contribution in [2.45, 2.75) is 24.5 Å². The van der Waals surface area contributed by atoms with Gasteiger partial charge < -0.3 is 10.0 Å². The van der Waals surface area contributed by atoms with Crippen LogP contribution in [-0.2, 0) is 14.8 Å². The van der Waals surface area contributed by atoms with Gasteiger partial charge in [0.2, 0.25) is 0 Å². The van der Waals surface area contributed by atoms with Crippen LogP contribution in [0.25, 0.3) is 0 Å². The van der Waals surface area contributed by atoms with E-state index in [1.54, 1.807) is 18.0 Å². The van der Waals surface area contributed by atoms with Crippen molar-refractivity contribution < 1.29 is 13.5 Å². The van der Waals surface area contributed by atoms with E-state index in [4.69, 9.17) is 22.3 Å². The molecule has 0 aromatic heterocycles. The molecule has 0 saturated carbocycles. The van der Waals surface area contributed by atoms with Crippen LogP contribution in [0, 0.1) is 13.8 Å². The van der Waals surface area contributed by atoms with Gasteiger partial charge in [0.1, 0.15) is 4.90 Å². The topological polar surface area (TPSA) is 70.0 Å². The Bertz CT molecular complexity index is 1050. The van der Waals surface area contributed by atoms with Gasteiger partial charge in [-0.25, -0.2) is 13.4 Å². The van der Waals surface area contributed by atoms with Gasteiger partial charge in [0.25, 0.3) is 9.05 Å². The standard InChI is InChI=1S/C18H18Cl2N2O3S2.BrH/c1-11-4-7-15(12(2)8-11)21-17-22(3)18(23,10-26-17)13-5-6-14(19)16(9-13)27(20,24)25;/h4-9,23H,10H2,1-3H3;1H. The normalized spacial score (nSPS) is 21.1. The number of halogens is 3. The number of nitrogens with zero attached hydrogens (tertiary/aromatic N) is 2. The summed E-state index contributed by atoms with van der Waals surface area (Å²) in [6, 6.07) is 10.3. The molecule has 1 unspecified atom stereocenters. The van der Waals surface area contributed by atoms with Crippen LogP contribution in [0.1, 0.15) is 16.7 Å². The molecule has 2 aromatic carbocycles. The third-order valence-electron chi connectivity index (χ3n) is 4.47. The third-order valence-corrected chi connectivity index (χ3v) is 7.44. The average molecular weight is 526 g/mol. The summed E-state index contributed by atoms with van der Waals surface area (Å²) in [5.74, 6) is 0.288. The van der Waals surface area contributed by atoms with Gasteiger partial charge in [0, 0.05) is 23.3 Å². The molecule has 0 spiro atoms. The smallest absolute Gasteiger partial charge is 0.262 e. The highest BCUT2D eigenvalue weighted by atomic mass is 79.9. The van der Waals surface area contributed by atoms with E-state index in [2.05, 4.69) is 4.99 Å². The number of rotatable bonds is 3. The summed E-state index contributed by atoms with van der Waals surface area (Å²) in [4.78, 5) is 6.07. The maximum absolute atomic E-state index is 11.7. The Kier molecular flexibility index (Phi) is 7.17. The lowest BCUT2D eigenvalue weighted by Crippen LogP contribution is -2.42. The van der Waals surface area contributed by atoms with Crippen molar-refractivity contribution >= 4 is 70.9 Å². The quantitative estimate of drug-likeness (QED) is 0.572. The van der Waals surface area contributed by atoms with Crippen LogP contribution in [0.5, 0.6) is 0 Å². The first-order valence-corrected chi connectivity index (χ1v) is 11.7. The minimum Gasteiger partial charge on any atom is -0.366 e. The van der Waals surface area contributed by atoms with E-state index < -0.39 is 14.8 Å². The van der Waals surface area contributed by atoms with Gasteiger partial charge in [0.05, 0.1) is 16.5 Å². The zero-order valence-electron chi connectivity index (χ0n) is 15.3. The lowest BCUT2D eigenvalue weighted by atomic mass is 10.0. The van der Waals surface area contributed by atoms with Gasteiger partial charge in [-0.15, -0.1) is 17.0 Å². The van der Waals surface area contributed by atoms with Crippen LogP contribution in [0.15, 0.2) is 46.3 Å². The van der Waals surface area contributed by atoms with Gasteiger partial charge in [-0.05, 0) is 37.6 Å². The third kappa shape index (κ3) is 4.52. The van der Waals surface area contributed by atoms with E-state index >= 15 is 0 Å². The van der Waals surface area contributed by atoms with Crippen molar-refractivity contribution in [3.05, 3.63) is 58.1 Å². The first-order chi connectivity index (χ1) is 12.5. The van der Waals surface area contributed by atoms with Gasteiger partial charge in [-0.3, -0.25) is 0 Å². The number of amidine groups is 1. The highest BCUT2D eigenvalue weighted by molar-refractivity contribution is 8.93. The molecule has 1 saturated heterocycles. The Morgan fingerprint density at radius 1 is 1.21 bits per heavy atom. The molecule has 2 aromatic rings. The van der Waals surface area contributed by atoms with Crippen LogP contribution in [-0.4, -0.2) is 36.4 Å². The Labute approximate surface area is 188 Å². The van der Waals surface area contributed by atoms with E-state index in [1.807, 2.05) is 32.0 Å². The molecule has 28 heavy (non-hydrogen) atoms. The zero-order valence-corrected chi connectivity index (χ0v) is 20.2. The predicted molar refractivity (Wildman–Crippen MR) is 122 cm³/mol. The number of benzene rings is 2. The molecule has 1 heterocycles. The summed E-state index contributed by atoms with van der Waals surface area (Å²) in [7, 11) is 3.14. The van der Waals surface area contributed by atoms with E-state index in [0.717, 1.165) is 16.8 Å². The van der Waals surface area contributed by atoms with Crippen molar-refractivity contribution in [1.29, 1.82) is 0 Å². The van der Waals surface area contributed by atoms with Crippen molar-refractivity contribution in [3.63, 3.8) is 0 Å². The van der Waals surface area contributed by atoms with E-state index in [1.165, 1.54) is 23.9 Å². The summed E-state index contributed by atoms with van der Waals surface area (Å²) in [6.07, 6.45) is 0. The summed E-state index contributed by atoms with van der Waals surface area (Å²) >= 11 is 7.34. The Hall–Kier alpha value is -0.770. The van der Waals surface area contributed by atoms with Crippen molar-refractivity contribution in [3.8, 4) is 0 Å². The molecule has 5 nitrogen and oxygen atoms in total. The summed E-state index contributed by atoms with van der Waals surface area (Å²) < 4.78 is 23.5. The fourth-order valence-electron chi connectivity index (χ4n) is 2.87. The van der Waals surface area contributed by atoms with Crippen molar-refractivity contribution in [2.24, 2.45) is 4.99 Å². The first kappa shape index (κ1) is 23.5. The number of thioether (sulfide) groups is 1. The van der Waals surface area contributed by atoms with Gasteiger partial charge in [-0.2, -0.15) is 0 Å². The number of hydrogen-bond acceptors (Lipinski definition) is 5. The molecular formula is C18H19BrCl2N2O3S2. The van der Waals surface area contributed by atoms with E-state index in [0.29, 0.717) is 10.7 Å². The fraction of sp³-hybridized carbons (Fsp3) is 0.278. The number of hydrogen-bond donors (Lipinski definition) is 1. The van der Waals surface area contributed by atoms with Gasteiger partial charge in [-0.1, -0.05) is 47.1 Å². The van der Waals surface area contributed by atoms with Crippen LogP contribution in [0.2, 0.25) is 5.02 Å². The number of aliphatic imine (C=N–C) groups is 1. The SMILES string of the molecule is Br.Cc1ccc(N=C2SCC(O)(c3ccc(Cl)c(S(=O)(=O)Cl)c3)N2C)c(C)c1. The number of aryl methyl sites for hydroxylation is 2. The lowest BCUT2D eigenvalue weighted by Gasteiger charge is -2.31. The highest BCUT2D eigenvalue weighted by Gasteiger charge is 2.43. The molecule has 152 valence electrons. The maximum Gasteiger partial charge on any atom is 0.262 e. The highest BCUT2D eigenvalue weighted by Crippen LogP contribution is 2.40. The Morgan fingerprint density at radius 3 is 2.50 bits per heavy atom. The molecule has 1 fully saturated rings. The van der Waals surface area contributed by atoms with Crippen molar-refractivity contribution in [1.82, 2.24) is 4.90 Å². The first-order valence-electron chi connectivity index (χ1n) is 8.02. The Balaban J connectivity index is 0.00000280. The van der Waals surface area contributed by atoms with Gasteiger partial charge in [0.15, 0.2) is 10.9 Å². The second-order valence-corrected chi connectivity index (χ2v) is 10.3. The molecule has 0 bridgehead atoms. The minimum absolute atomic E-state index is 0. The summed E-state index contributed by atoms with van der Waals surface area (Å²) in [5, 5.41) is 11.9. The minimum atomic E-state index is -4.03. The van der Waals surface area contributed by atoms with E-state index in [-0.39, 0.29) is 32.7 Å². The summed E-state index contributed by atoms with van der Waals surface area (Å²) in [5.41, 5.74) is 1.96. The largest absolute Gasteiger partial charge is 0.366 e. The second kappa shape index (κ2) is 8.53. The van der Waals surface area contributed by atoms with E-state index in [9.17, 15) is 13.5 Å². The van der Waals surface area contributed by atoms with Crippen LogP contribution >= 0.6 is 51.0 Å². The average Bonchev–Trinajstić information content (AvgIpc) is 2.86.